The van der Waals surface area contributed by atoms with Gasteiger partial charge in [-0.25, -0.2) is 0 Å². The number of pyridine rings is 1. The highest BCUT2D eigenvalue weighted by molar-refractivity contribution is 7.80. The van der Waals surface area contributed by atoms with Gasteiger partial charge in [0.25, 0.3) is 0 Å². The van der Waals surface area contributed by atoms with Crippen LogP contribution >= 0.6 is 47.0 Å². The number of halogens is 3. The van der Waals surface area contributed by atoms with Crippen LogP contribution in [0.15, 0.2) is 72.9 Å². The summed E-state index contributed by atoms with van der Waals surface area (Å²) in [6.07, 6.45) is 3.54. The summed E-state index contributed by atoms with van der Waals surface area (Å²) in [5.74, 6) is -0.905. The number of alkyl halides is 3. The predicted molar refractivity (Wildman–Crippen MR) is 163 cm³/mol. The molecule has 0 bridgehead atoms. The van der Waals surface area contributed by atoms with E-state index in [0.717, 1.165) is 10.9 Å². The van der Waals surface area contributed by atoms with Gasteiger partial charge >= 0.3 is 5.97 Å². The maximum Gasteiger partial charge on any atom is 0.306 e. The first-order valence-electron chi connectivity index (χ1n) is 12.0. The van der Waals surface area contributed by atoms with Gasteiger partial charge in [-0.05, 0) is 41.4 Å². The van der Waals surface area contributed by atoms with Gasteiger partial charge in [0.05, 0.1) is 24.7 Å². The summed E-state index contributed by atoms with van der Waals surface area (Å²) in [5, 5.41) is 7.02. The zero-order valence-corrected chi connectivity index (χ0v) is 24.7. The van der Waals surface area contributed by atoms with Crippen LogP contribution < -0.4 is 10.6 Å². The summed E-state index contributed by atoms with van der Waals surface area (Å²) in [6, 6.07) is 18.7. The number of carbonyl (C=O) groups is 2. The standard InChI is InChI=1S/C28H29Cl3N4O3S/c1-27(2,17-23(37)38-3)18-35(26(39)33-21-13-7-11-20-12-8-16-32-24(20)21)25(28(29,30)31)34-22(36)15-14-19-9-5-4-6-10-19/h4-16,25H,17-18H2,1-3H3,(H,33,39)(H,34,36)/b15-14+. The molecule has 1 heterocycles. The first-order valence-corrected chi connectivity index (χ1v) is 13.5. The zero-order chi connectivity index (χ0) is 28.6. The van der Waals surface area contributed by atoms with Crippen molar-refractivity contribution < 1.29 is 14.3 Å². The van der Waals surface area contributed by atoms with Crippen LogP contribution in [0.3, 0.4) is 0 Å². The molecule has 0 radical (unpaired) electrons. The Morgan fingerprint density at radius 1 is 1.08 bits per heavy atom. The summed E-state index contributed by atoms with van der Waals surface area (Å²) >= 11 is 25.0. The van der Waals surface area contributed by atoms with E-state index in [1.807, 2.05) is 74.5 Å². The van der Waals surface area contributed by atoms with Crippen LogP contribution in [0.2, 0.25) is 0 Å². The number of nitrogens with one attached hydrogen (secondary N) is 2. The second kappa shape index (κ2) is 13.4. The molecule has 3 aromatic rings. The Labute approximate surface area is 248 Å². The highest BCUT2D eigenvalue weighted by Gasteiger charge is 2.42. The molecule has 11 heteroatoms. The quantitative estimate of drug-likeness (QED) is 0.0964. The number of rotatable bonds is 9. The van der Waals surface area contributed by atoms with Gasteiger partial charge in [0.15, 0.2) is 11.3 Å². The van der Waals surface area contributed by atoms with Crippen molar-refractivity contribution in [3.8, 4) is 0 Å². The third-order valence-corrected chi connectivity index (χ3v) is 6.67. The van der Waals surface area contributed by atoms with E-state index in [1.165, 1.54) is 13.2 Å². The Hall–Kier alpha value is -2.91. The summed E-state index contributed by atoms with van der Waals surface area (Å²) in [5.41, 5.74) is 1.47. The Morgan fingerprint density at radius 3 is 2.44 bits per heavy atom. The third kappa shape index (κ3) is 9.07. The van der Waals surface area contributed by atoms with Crippen LogP contribution in [0.5, 0.6) is 0 Å². The Bertz CT molecular complexity index is 1340. The average Bonchev–Trinajstić information content (AvgIpc) is 2.89. The smallest absolute Gasteiger partial charge is 0.306 e. The number of anilines is 1. The maximum absolute atomic E-state index is 13.0. The Morgan fingerprint density at radius 2 is 1.77 bits per heavy atom. The van der Waals surface area contributed by atoms with Gasteiger partial charge in [-0.3, -0.25) is 14.6 Å². The van der Waals surface area contributed by atoms with E-state index >= 15 is 0 Å². The summed E-state index contributed by atoms with van der Waals surface area (Å²) < 4.78 is 2.87. The van der Waals surface area contributed by atoms with E-state index in [-0.39, 0.29) is 18.1 Å². The number of benzene rings is 2. The molecule has 2 N–H and O–H groups in total. The number of esters is 1. The lowest BCUT2D eigenvalue weighted by Gasteiger charge is -2.41. The van der Waals surface area contributed by atoms with E-state index in [9.17, 15) is 9.59 Å². The molecule has 39 heavy (non-hydrogen) atoms. The summed E-state index contributed by atoms with van der Waals surface area (Å²) in [7, 11) is 1.32. The van der Waals surface area contributed by atoms with Crippen LogP contribution in [0.25, 0.3) is 17.0 Å². The second-order valence-corrected chi connectivity index (χ2v) is 12.3. The number of aromatic nitrogens is 1. The van der Waals surface area contributed by atoms with Crippen LogP contribution in [0.4, 0.5) is 5.69 Å². The minimum absolute atomic E-state index is 0.0624. The second-order valence-electron chi connectivity index (χ2n) is 9.55. The van der Waals surface area contributed by atoms with E-state index < -0.39 is 27.2 Å². The van der Waals surface area contributed by atoms with Crippen molar-refractivity contribution >= 4 is 86.7 Å². The number of ether oxygens (including phenoxy) is 1. The average molecular weight is 608 g/mol. The predicted octanol–water partition coefficient (Wildman–Crippen LogP) is 6.35. The lowest BCUT2D eigenvalue weighted by Crippen LogP contribution is -2.60. The van der Waals surface area contributed by atoms with Crippen LogP contribution in [0.1, 0.15) is 25.8 Å². The van der Waals surface area contributed by atoms with Gasteiger partial charge in [0.2, 0.25) is 9.70 Å². The molecule has 0 aliphatic rings. The van der Waals surface area contributed by atoms with E-state index in [1.54, 1.807) is 17.2 Å². The molecule has 1 aromatic heterocycles. The number of para-hydroxylation sites is 1. The van der Waals surface area contributed by atoms with Crippen LogP contribution in [-0.4, -0.2) is 50.5 Å². The molecular formula is C28H29Cl3N4O3S. The van der Waals surface area contributed by atoms with Crippen molar-refractivity contribution in [2.24, 2.45) is 5.41 Å². The molecule has 2 aromatic carbocycles. The van der Waals surface area contributed by atoms with Gasteiger partial charge in [-0.1, -0.05) is 97.2 Å². The molecule has 7 nitrogen and oxygen atoms in total. The topological polar surface area (TPSA) is 83.6 Å². The number of carbonyl (C=O) groups excluding carboxylic acids is 2. The lowest BCUT2D eigenvalue weighted by molar-refractivity contribution is -0.143. The zero-order valence-electron chi connectivity index (χ0n) is 21.7. The summed E-state index contributed by atoms with van der Waals surface area (Å²) in [4.78, 5) is 31.1. The normalized spacial score (nSPS) is 12.7. The van der Waals surface area contributed by atoms with Crippen molar-refractivity contribution in [2.45, 2.75) is 30.2 Å². The molecule has 1 atom stereocenters. The molecule has 0 saturated carbocycles. The van der Waals surface area contributed by atoms with E-state index in [0.29, 0.717) is 11.2 Å². The minimum atomic E-state index is -2.00. The number of fused-ring (bicyclic) bond motifs is 1. The molecule has 1 amide bonds. The van der Waals surface area contributed by atoms with Crippen LogP contribution in [0, 0.1) is 5.41 Å². The highest BCUT2D eigenvalue weighted by Crippen LogP contribution is 2.35. The first kappa shape index (κ1) is 30.6. The number of nitrogens with zero attached hydrogens (tertiary/aromatic N) is 2. The fourth-order valence-corrected chi connectivity index (χ4v) is 4.70. The van der Waals surface area contributed by atoms with Gasteiger partial charge in [-0.15, -0.1) is 0 Å². The van der Waals surface area contributed by atoms with Gasteiger partial charge in [0.1, 0.15) is 0 Å². The molecule has 0 fully saturated rings. The van der Waals surface area contributed by atoms with Crippen molar-refractivity contribution in [2.75, 3.05) is 19.0 Å². The molecular weight excluding hydrogens is 579 g/mol. The van der Waals surface area contributed by atoms with Crippen LogP contribution in [-0.2, 0) is 14.3 Å². The minimum Gasteiger partial charge on any atom is -0.469 e. The number of hydrogen-bond donors (Lipinski definition) is 2. The number of thiocarbonyl (C=S) groups is 1. The largest absolute Gasteiger partial charge is 0.469 e. The molecule has 1 unspecified atom stereocenters. The van der Waals surface area contributed by atoms with Gasteiger partial charge in [-0.2, -0.15) is 0 Å². The molecule has 0 aliphatic carbocycles. The molecule has 0 aliphatic heterocycles. The molecule has 206 valence electrons. The van der Waals surface area contributed by atoms with E-state index in [4.69, 9.17) is 51.8 Å². The molecule has 3 rings (SSSR count). The number of hydrogen-bond acceptors (Lipinski definition) is 5. The SMILES string of the molecule is COC(=O)CC(C)(C)CN(C(=S)Nc1cccc2cccnc12)C(NC(=O)/C=C/c1ccccc1)C(Cl)(Cl)Cl. The third-order valence-electron chi connectivity index (χ3n) is 5.71. The van der Waals surface area contributed by atoms with Crippen molar-refractivity contribution in [1.82, 2.24) is 15.2 Å². The highest BCUT2D eigenvalue weighted by atomic mass is 35.6. The number of amides is 1. The lowest BCUT2D eigenvalue weighted by atomic mass is 9.88. The van der Waals surface area contributed by atoms with Gasteiger partial charge in [0, 0.05) is 24.2 Å². The van der Waals surface area contributed by atoms with E-state index in [2.05, 4.69) is 15.6 Å². The Balaban J connectivity index is 1.95. The maximum atomic E-state index is 13.0. The van der Waals surface area contributed by atoms with Gasteiger partial charge < -0.3 is 20.3 Å². The number of methoxy groups -OCH3 is 1. The molecule has 0 spiro atoms. The monoisotopic (exact) mass is 606 g/mol. The summed E-state index contributed by atoms with van der Waals surface area (Å²) in [6.45, 7) is 3.84. The van der Waals surface area contributed by atoms with Crippen molar-refractivity contribution in [3.05, 3.63) is 78.5 Å². The van der Waals surface area contributed by atoms with Crippen molar-refractivity contribution in [3.63, 3.8) is 0 Å². The fourth-order valence-electron chi connectivity index (χ4n) is 3.91. The fraction of sp³-hybridized carbons (Fsp3) is 0.286. The Kier molecular flexibility index (Phi) is 10.6. The van der Waals surface area contributed by atoms with Crippen molar-refractivity contribution in [1.29, 1.82) is 0 Å². The molecule has 0 saturated heterocycles. The first-order chi connectivity index (χ1) is 18.4.